The number of nitrogens with zero attached hydrogens (tertiary/aromatic N) is 2. The zero-order valence-electron chi connectivity index (χ0n) is 11.9. The van der Waals surface area contributed by atoms with Gasteiger partial charge in [0.05, 0.1) is 0 Å². The Bertz CT molecular complexity index is 253. The van der Waals surface area contributed by atoms with Crippen LogP contribution in [-0.2, 0) is 4.79 Å². The highest BCUT2D eigenvalue weighted by atomic mass is 16.4. The maximum atomic E-state index is 10.9. The largest absolute Gasteiger partial charge is 0.480 e. The second kappa shape index (κ2) is 7.71. The van der Waals surface area contributed by atoms with Gasteiger partial charge >= 0.3 is 5.97 Å². The highest BCUT2D eigenvalue weighted by Crippen LogP contribution is 2.16. The van der Waals surface area contributed by atoms with E-state index in [4.69, 9.17) is 5.11 Å². The van der Waals surface area contributed by atoms with Crippen LogP contribution in [0.3, 0.4) is 0 Å². The molecule has 2 N–H and O–H groups in total. The van der Waals surface area contributed by atoms with Gasteiger partial charge in [-0.2, -0.15) is 0 Å². The van der Waals surface area contributed by atoms with E-state index in [-0.39, 0.29) is 0 Å². The maximum Gasteiger partial charge on any atom is 0.320 e. The fourth-order valence-electron chi connectivity index (χ4n) is 2.52. The predicted molar refractivity (Wildman–Crippen MR) is 72.8 cm³/mol. The van der Waals surface area contributed by atoms with Gasteiger partial charge in [0.2, 0.25) is 0 Å². The molecule has 0 spiro atoms. The molecule has 0 radical (unpaired) electrons. The Morgan fingerprint density at radius 3 is 2.61 bits per heavy atom. The lowest BCUT2D eigenvalue weighted by atomic mass is 9.96. The van der Waals surface area contributed by atoms with Gasteiger partial charge < -0.3 is 20.2 Å². The van der Waals surface area contributed by atoms with E-state index in [0.29, 0.717) is 6.42 Å². The van der Waals surface area contributed by atoms with Crippen molar-refractivity contribution in [2.45, 2.75) is 25.3 Å². The van der Waals surface area contributed by atoms with E-state index in [0.717, 1.165) is 19.0 Å². The van der Waals surface area contributed by atoms with Crippen molar-refractivity contribution < 1.29 is 9.90 Å². The number of carboxylic acid groups (broad SMARTS) is 1. The lowest BCUT2D eigenvalue weighted by molar-refractivity contribution is -0.139. The molecule has 5 heteroatoms. The summed E-state index contributed by atoms with van der Waals surface area (Å²) in [6.45, 7) is 4.30. The number of nitrogens with one attached hydrogen (secondary N) is 1. The highest BCUT2D eigenvalue weighted by molar-refractivity contribution is 5.73. The fraction of sp³-hybridized carbons (Fsp3) is 0.923. The molecule has 0 aromatic rings. The smallest absolute Gasteiger partial charge is 0.320 e. The van der Waals surface area contributed by atoms with Crippen molar-refractivity contribution in [1.82, 2.24) is 15.1 Å². The molecular weight excluding hydrogens is 230 g/mol. The van der Waals surface area contributed by atoms with Crippen molar-refractivity contribution >= 4 is 5.97 Å². The summed E-state index contributed by atoms with van der Waals surface area (Å²) in [6, 6.07) is -0.426. The zero-order valence-corrected chi connectivity index (χ0v) is 11.9. The zero-order chi connectivity index (χ0) is 13.5. The molecule has 0 aromatic carbocycles. The van der Waals surface area contributed by atoms with Crippen LogP contribution in [0.25, 0.3) is 0 Å². The van der Waals surface area contributed by atoms with Gasteiger partial charge in [0.1, 0.15) is 6.04 Å². The number of piperidine rings is 1. The van der Waals surface area contributed by atoms with Crippen LogP contribution in [0, 0.1) is 5.92 Å². The van der Waals surface area contributed by atoms with Crippen LogP contribution in [0.15, 0.2) is 0 Å². The Morgan fingerprint density at radius 1 is 1.50 bits per heavy atom. The molecule has 1 unspecified atom stereocenters. The van der Waals surface area contributed by atoms with E-state index >= 15 is 0 Å². The van der Waals surface area contributed by atoms with E-state index in [2.05, 4.69) is 29.2 Å². The van der Waals surface area contributed by atoms with E-state index in [1.54, 1.807) is 7.05 Å². The van der Waals surface area contributed by atoms with Crippen molar-refractivity contribution in [2.75, 3.05) is 47.3 Å². The first kappa shape index (κ1) is 15.4. The number of likely N-dealkylation sites (tertiary alicyclic amines) is 1. The number of likely N-dealkylation sites (N-methyl/N-ethyl adjacent to an activating group) is 1. The van der Waals surface area contributed by atoms with Crippen molar-refractivity contribution in [1.29, 1.82) is 0 Å². The normalized spacial score (nSPS) is 20.2. The van der Waals surface area contributed by atoms with Crippen LogP contribution in [0.2, 0.25) is 0 Å². The molecule has 0 amide bonds. The molecule has 0 aliphatic carbocycles. The average Bonchev–Trinajstić information content (AvgIpc) is 2.32. The summed E-state index contributed by atoms with van der Waals surface area (Å²) in [5.41, 5.74) is 0. The van der Waals surface area contributed by atoms with Crippen LogP contribution in [0.5, 0.6) is 0 Å². The topological polar surface area (TPSA) is 55.8 Å². The van der Waals surface area contributed by atoms with Crippen LogP contribution in [-0.4, -0.2) is 74.2 Å². The fourth-order valence-corrected chi connectivity index (χ4v) is 2.52. The Morgan fingerprint density at radius 2 is 2.11 bits per heavy atom. The third kappa shape index (κ3) is 5.33. The van der Waals surface area contributed by atoms with E-state index in [1.165, 1.54) is 25.9 Å². The van der Waals surface area contributed by atoms with Gasteiger partial charge in [-0.1, -0.05) is 0 Å². The summed E-state index contributed by atoms with van der Waals surface area (Å²) in [5, 5.41) is 11.8. The van der Waals surface area contributed by atoms with E-state index in [9.17, 15) is 4.79 Å². The molecule has 1 rings (SSSR count). The summed E-state index contributed by atoms with van der Waals surface area (Å²) in [7, 11) is 5.97. The maximum absolute atomic E-state index is 10.9. The molecular formula is C13H27N3O2. The van der Waals surface area contributed by atoms with Crippen LogP contribution < -0.4 is 5.32 Å². The molecule has 5 nitrogen and oxygen atoms in total. The van der Waals surface area contributed by atoms with Gasteiger partial charge in [-0.3, -0.25) is 4.79 Å². The quantitative estimate of drug-likeness (QED) is 0.688. The number of carbonyl (C=O) groups is 1. The lowest BCUT2D eigenvalue weighted by Crippen LogP contribution is -2.39. The average molecular weight is 257 g/mol. The Hall–Kier alpha value is -0.650. The first-order valence-corrected chi connectivity index (χ1v) is 6.80. The molecule has 1 saturated heterocycles. The Kier molecular flexibility index (Phi) is 6.60. The number of rotatable bonds is 7. The number of aliphatic carboxylic acids is 1. The first-order chi connectivity index (χ1) is 8.52. The van der Waals surface area contributed by atoms with Gasteiger partial charge in [-0.15, -0.1) is 0 Å². The molecule has 1 aliphatic heterocycles. The summed E-state index contributed by atoms with van der Waals surface area (Å²) in [6.07, 6.45) is 3.18. The number of hydrogen-bond acceptors (Lipinski definition) is 4. The van der Waals surface area contributed by atoms with Crippen LogP contribution in [0.4, 0.5) is 0 Å². The molecule has 0 bridgehead atoms. The summed E-state index contributed by atoms with van der Waals surface area (Å²) in [4.78, 5) is 15.5. The first-order valence-electron chi connectivity index (χ1n) is 6.80. The van der Waals surface area contributed by atoms with Crippen molar-refractivity contribution in [3.05, 3.63) is 0 Å². The molecule has 0 aromatic heterocycles. The summed E-state index contributed by atoms with van der Waals surface area (Å²) >= 11 is 0. The summed E-state index contributed by atoms with van der Waals surface area (Å²) < 4.78 is 0. The molecule has 1 fully saturated rings. The number of carboxylic acids is 1. The molecule has 1 atom stereocenters. The second-order valence-electron chi connectivity index (χ2n) is 5.48. The Labute approximate surface area is 110 Å². The molecule has 0 saturated carbocycles. The van der Waals surface area contributed by atoms with Crippen molar-refractivity contribution in [3.63, 3.8) is 0 Å². The van der Waals surface area contributed by atoms with E-state index in [1.807, 2.05) is 0 Å². The standard InChI is InChI=1S/C13H27N3O2/c1-14-12(13(17)18)6-9-16(3)10-11-4-7-15(2)8-5-11/h11-12,14H,4-10H2,1-3H3,(H,17,18). The molecule has 106 valence electrons. The van der Waals surface area contributed by atoms with Crippen LogP contribution in [0.1, 0.15) is 19.3 Å². The van der Waals surface area contributed by atoms with Crippen molar-refractivity contribution in [2.24, 2.45) is 5.92 Å². The minimum absolute atomic E-state index is 0.426. The van der Waals surface area contributed by atoms with Gasteiger partial charge in [0.25, 0.3) is 0 Å². The SMILES string of the molecule is CNC(CCN(C)CC1CCN(C)CC1)C(=O)O. The molecule has 18 heavy (non-hydrogen) atoms. The highest BCUT2D eigenvalue weighted by Gasteiger charge is 2.19. The minimum atomic E-state index is -0.759. The second-order valence-corrected chi connectivity index (χ2v) is 5.48. The number of hydrogen-bond donors (Lipinski definition) is 2. The van der Waals surface area contributed by atoms with Crippen LogP contribution >= 0.6 is 0 Å². The van der Waals surface area contributed by atoms with Crippen molar-refractivity contribution in [3.8, 4) is 0 Å². The third-order valence-electron chi connectivity index (χ3n) is 3.85. The monoisotopic (exact) mass is 257 g/mol. The Balaban J connectivity index is 2.20. The predicted octanol–water partition coefficient (Wildman–Crippen LogP) is 0.323. The van der Waals surface area contributed by atoms with E-state index < -0.39 is 12.0 Å². The van der Waals surface area contributed by atoms with Gasteiger partial charge in [0, 0.05) is 6.54 Å². The molecule has 1 heterocycles. The molecule has 1 aliphatic rings. The minimum Gasteiger partial charge on any atom is -0.480 e. The van der Waals surface area contributed by atoms with Gasteiger partial charge in [-0.25, -0.2) is 0 Å². The third-order valence-corrected chi connectivity index (χ3v) is 3.85. The summed E-state index contributed by atoms with van der Waals surface area (Å²) in [5.74, 6) is 0.00857. The van der Waals surface area contributed by atoms with Gasteiger partial charge in [-0.05, 0) is 66.0 Å². The van der Waals surface area contributed by atoms with Gasteiger partial charge in [0.15, 0.2) is 0 Å². The lowest BCUT2D eigenvalue weighted by Gasteiger charge is -2.31.